The van der Waals surface area contributed by atoms with Crippen molar-refractivity contribution in [2.75, 3.05) is 0 Å². The molecule has 1 amide bonds. The number of nitrogens with zero attached hydrogens (tertiary/aromatic N) is 2. The maximum absolute atomic E-state index is 12.6. The number of fused-ring (bicyclic) bond motifs is 2. The molecular weight excluding hydrogens is 318 g/mol. The van der Waals surface area contributed by atoms with Crippen LogP contribution in [-0.2, 0) is 0 Å². The zero-order valence-electron chi connectivity index (χ0n) is 14.2. The lowest BCUT2D eigenvalue weighted by molar-refractivity contribution is 0.0935. The minimum Gasteiger partial charge on any atom is -0.459 e. The van der Waals surface area contributed by atoms with E-state index < -0.39 is 0 Å². The maximum atomic E-state index is 12.6. The Morgan fingerprint density at radius 2 is 2.00 bits per heavy atom. The number of rotatable bonds is 3. The van der Waals surface area contributed by atoms with Crippen LogP contribution in [0.25, 0.3) is 22.1 Å². The van der Waals surface area contributed by atoms with Crippen LogP contribution in [0.5, 0.6) is 0 Å². The van der Waals surface area contributed by atoms with E-state index in [4.69, 9.17) is 8.94 Å². The number of para-hydroxylation sites is 1. The van der Waals surface area contributed by atoms with Gasteiger partial charge in [0.15, 0.2) is 0 Å². The SMILES string of the molecule is Cc1c(C(C)NC(=O)c2cnc3onc(C)c3c2)oc2ccccc12. The summed E-state index contributed by atoms with van der Waals surface area (Å²) in [6, 6.07) is 9.31. The Bertz CT molecular complexity index is 1090. The van der Waals surface area contributed by atoms with Gasteiger partial charge in [-0.05, 0) is 32.9 Å². The lowest BCUT2D eigenvalue weighted by atomic mass is 10.1. The summed E-state index contributed by atoms with van der Waals surface area (Å²) in [6.07, 6.45) is 1.49. The van der Waals surface area contributed by atoms with Gasteiger partial charge in [-0.15, -0.1) is 0 Å². The molecule has 0 fully saturated rings. The number of hydrogen-bond acceptors (Lipinski definition) is 5. The third kappa shape index (κ3) is 2.55. The summed E-state index contributed by atoms with van der Waals surface area (Å²) in [6.45, 7) is 5.72. The van der Waals surface area contributed by atoms with Gasteiger partial charge in [-0.25, -0.2) is 4.98 Å². The highest BCUT2D eigenvalue weighted by Crippen LogP contribution is 2.29. The molecule has 4 aromatic rings. The molecule has 0 aliphatic rings. The van der Waals surface area contributed by atoms with Gasteiger partial charge in [0.05, 0.1) is 22.7 Å². The van der Waals surface area contributed by atoms with Crippen LogP contribution in [0.15, 0.2) is 45.5 Å². The van der Waals surface area contributed by atoms with Crippen LogP contribution >= 0.6 is 0 Å². The third-order valence-corrected chi connectivity index (χ3v) is 4.39. The summed E-state index contributed by atoms with van der Waals surface area (Å²) in [4.78, 5) is 16.7. The Balaban J connectivity index is 1.62. The summed E-state index contributed by atoms with van der Waals surface area (Å²) >= 11 is 0. The fourth-order valence-corrected chi connectivity index (χ4v) is 3.02. The van der Waals surface area contributed by atoms with E-state index >= 15 is 0 Å². The Labute approximate surface area is 143 Å². The largest absolute Gasteiger partial charge is 0.459 e. The smallest absolute Gasteiger partial charge is 0.257 e. The number of carbonyl (C=O) groups is 1. The average molecular weight is 335 g/mol. The van der Waals surface area contributed by atoms with E-state index in [1.165, 1.54) is 6.20 Å². The summed E-state index contributed by atoms with van der Waals surface area (Å²) in [5, 5.41) is 8.62. The average Bonchev–Trinajstić information content (AvgIpc) is 3.16. The van der Waals surface area contributed by atoms with Gasteiger partial charge < -0.3 is 14.3 Å². The molecule has 3 heterocycles. The fraction of sp³-hybridized carbons (Fsp3) is 0.211. The van der Waals surface area contributed by atoms with Gasteiger partial charge >= 0.3 is 0 Å². The maximum Gasteiger partial charge on any atom is 0.257 e. The minimum absolute atomic E-state index is 0.220. The number of hydrogen-bond donors (Lipinski definition) is 1. The summed E-state index contributed by atoms with van der Waals surface area (Å²) in [5.74, 6) is 0.534. The first-order chi connectivity index (χ1) is 12.0. The highest BCUT2D eigenvalue weighted by atomic mass is 16.5. The van der Waals surface area contributed by atoms with Gasteiger partial charge in [0.2, 0.25) is 0 Å². The van der Waals surface area contributed by atoms with Crippen molar-refractivity contribution >= 4 is 28.0 Å². The van der Waals surface area contributed by atoms with Crippen LogP contribution in [0, 0.1) is 13.8 Å². The topological polar surface area (TPSA) is 81.2 Å². The number of benzene rings is 1. The standard InChI is InChI=1S/C19H17N3O3/c1-10-14-6-4-5-7-16(14)24-17(10)12(3)21-18(23)13-8-15-11(2)22-25-19(15)20-9-13/h4-9,12H,1-3H3,(H,21,23). The molecule has 6 heteroatoms. The fourth-order valence-electron chi connectivity index (χ4n) is 3.02. The highest BCUT2D eigenvalue weighted by molar-refractivity contribution is 5.97. The van der Waals surface area contributed by atoms with Crippen LogP contribution in [0.2, 0.25) is 0 Å². The molecule has 126 valence electrons. The van der Waals surface area contributed by atoms with Crippen molar-refractivity contribution in [3.63, 3.8) is 0 Å². The molecule has 0 aliphatic heterocycles. The molecule has 0 radical (unpaired) electrons. The highest BCUT2D eigenvalue weighted by Gasteiger charge is 2.20. The van der Waals surface area contributed by atoms with Gasteiger partial charge in [0, 0.05) is 17.1 Å². The molecular formula is C19H17N3O3. The van der Waals surface area contributed by atoms with Crippen LogP contribution in [-0.4, -0.2) is 16.0 Å². The second-order valence-electron chi connectivity index (χ2n) is 6.13. The number of carbonyl (C=O) groups excluding carboxylic acids is 1. The van der Waals surface area contributed by atoms with Gasteiger partial charge in [0.1, 0.15) is 11.3 Å². The molecule has 3 aromatic heterocycles. The number of aryl methyl sites for hydroxylation is 2. The molecule has 0 spiro atoms. The molecule has 0 bridgehead atoms. The second-order valence-corrected chi connectivity index (χ2v) is 6.13. The zero-order valence-corrected chi connectivity index (χ0v) is 14.2. The van der Waals surface area contributed by atoms with Gasteiger partial charge in [-0.3, -0.25) is 4.79 Å². The summed E-state index contributed by atoms with van der Waals surface area (Å²) in [5.41, 5.74) is 3.44. The molecule has 1 N–H and O–H groups in total. The lowest BCUT2D eigenvalue weighted by Crippen LogP contribution is -2.26. The molecule has 1 aromatic carbocycles. The Morgan fingerprint density at radius 1 is 1.20 bits per heavy atom. The first-order valence-electron chi connectivity index (χ1n) is 8.05. The van der Waals surface area contributed by atoms with E-state index in [0.717, 1.165) is 27.7 Å². The first-order valence-corrected chi connectivity index (χ1v) is 8.05. The molecule has 0 saturated heterocycles. The van der Waals surface area contributed by atoms with Crippen molar-refractivity contribution < 1.29 is 13.7 Å². The zero-order chi connectivity index (χ0) is 17.6. The van der Waals surface area contributed by atoms with E-state index in [2.05, 4.69) is 15.5 Å². The lowest BCUT2D eigenvalue weighted by Gasteiger charge is -2.12. The number of nitrogens with one attached hydrogen (secondary N) is 1. The normalized spacial score (nSPS) is 12.6. The van der Waals surface area contributed by atoms with Crippen LogP contribution < -0.4 is 5.32 Å². The summed E-state index contributed by atoms with van der Waals surface area (Å²) < 4.78 is 11.0. The number of pyridine rings is 1. The van der Waals surface area contributed by atoms with Crippen molar-refractivity contribution in [1.29, 1.82) is 0 Å². The van der Waals surface area contributed by atoms with E-state index in [1.807, 2.05) is 45.0 Å². The monoisotopic (exact) mass is 335 g/mol. The van der Waals surface area contributed by atoms with Crippen molar-refractivity contribution in [2.45, 2.75) is 26.8 Å². The first kappa shape index (κ1) is 15.4. The number of furan rings is 1. The van der Waals surface area contributed by atoms with Gasteiger partial charge in [-0.2, -0.15) is 0 Å². The number of amides is 1. The third-order valence-electron chi connectivity index (χ3n) is 4.39. The Morgan fingerprint density at radius 3 is 2.80 bits per heavy atom. The predicted molar refractivity (Wildman–Crippen MR) is 93.4 cm³/mol. The molecule has 0 saturated carbocycles. The van der Waals surface area contributed by atoms with Crippen molar-refractivity contribution in [1.82, 2.24) is 15.5 Å². The molecule has 1 atom stereocenters. The second kappa shape index (κ2) is 5.73. The van der Waals surface area contributed by atoms with Gasteiger partial charge in [-0.1, -0.05) is 23.4 Å². The predicted octanol–water partition coefficient (Wildman–Crippen LogP) is 4.08. The quantitative estimate of drug-likeness (QED) is 0.610. The van der Waals surface area contributed by atoms with E-state index in [9.17, 15) is 4.79 Å². The number of aromatic nitrogens is 2. The Kier molecular flexibility index (Phi) is 3.53. The van der Waals surface area contributed by atoms with Crippen LogP contribution in [0.1, 0.15) is 40.3 Å². The van der Waals surface area contributed by atoms with Crippen molar-refractivity contribution in [3.8, 4) is 0 Å². The molecule has 0 aliphatic carbocycles. The van der Waals surface area contributed by atoms with Gasteiger partial charge in [0.25, 0.3) is 11.6 Å². The minimum atomic E-state index is -0.265. The van der Waals surface area contributed by atoms with E-state index in [0.29, 0.717) is 17.0 Å². The van der Waals surface area contributed by atoms with Crippen LogP contribution in [0.4, 0.5) is 0 Å². The van der Waals surface area contributed by atoms with Crippen molar-refractivity contribution in [2.24, 2.45) is 0 Å². The van der Waals surface area contributed by atoms with E-state index in [1.54, 1.807) is 6.07 Å². The Hall–Kier alpha value is -3.15. The van der Waals surface area contributed by atoms with E-state index in [-0.39, 0.29) is 11.9 Å². The van der Waals surface area contributed by atoms with Crippen molar-refractivity contribution in [3.05, 3.63) is 59.1 Å². The summed E-state index contributed by atoms with van der Waals surface area (Å²) in [7, 11) is 0. The molecule has 6 nitrogen and oxygen atoms in total. The molecule has 25 heavy (non-hydrogen) atoms. The molecule has 4 rings (SSSR count). The molecule has 1 unspecified atom stereocenters. The van der Waals surface area contributed by atoms with Crippen LogP contribution in [0.3, 0.4) is 0 Å².